The Bertz CT molecular complexity index is 814. The Morgan fingerprint density at radius 3 is 2.67 bits per heavy atom. The normalized spacial score (nSPS) is 21.7. The fraction of sp³-hybridized carbons (Fsp3) is 0.263. The number of nitrogens with zero attached hydrogens (tertiary/aromatic N) is 2. The number of amides is 2. The maximum atomic E-state index is 12.0. The minimum absolute atomic E-state index is 0.156. The Labute approximate surface area is 140 Å². The molecule has 1 aliphatic carbocycles. The molecule has 1 heterocycles. The van der Waals surface area contributed by atoms with Crippen LogP contribution in [0.3, 0.4) is 0 Å². The number of benzene rings is 2. The first-order chi connectivity index (χ1) is 11.7. The number of carbonyl (C=O) groups excluding carboxylic acids is 1. The van der Waals surface area contributed by atoms with Crippen molar-refractivity contribution in [3.63, 3.8) is 0 Å². The molecular formula is C19H19N3O2. The number of methoxy groups -OCH3 is 1. The van der Waals surface area contributed by atoms with E-state index in [0.29, 0.717) is 0 Å². The van der Waals surface area contributed by atoms with Crippen molar-refractivity contribution in [2.45, 2.75) is 18.9 Å². The van der Waals surface area contributed by atoms with E-state index in [2.05, 4.69) is 17.2 Å². The van der Waals surface area contributed by atoms with Crippen LogP contribution in [-0.4, -0.2) is 23.9 Å². The van der Waals surface area contributed by atoms with Gasteiger partial charge in [0.15, 0.2) is 0 Å². The van der Waals surface area contributed by atoms with Gasteiger partial charge >= 0.3 is 6.03 Å². The van der Waals surface area contributed by atoms with Gasteiger partial charge in [-0.1, -0.05) is 36.4 Å². The molecule has 5 heteroatoms. The Morgan fingerprint density at radius 2 is 1.96 bits per heavy atom. The highest BCUT2D eigenvalue weighted by Crippen LogP contribution is 2.43. The van der Waals surface area contributed by atoms with Gasteiger partial charge in [-0.2, -0.15) is 5.10 Å². The lowest BCUT2D eigenvalue weighted by Gasteiger charge is -2.29. The molecule has 24 heavy (non-hydrogen) atoms. The van der Waals surface area contributed by atoms with Crippen molar-refractivity contribution in [3.8, 4) is 5.75 Å². The summed E-state index contributed by atoms with van der Waals surface area (Å²) in [6.45, 7) is 0. The largest absolute Gasteiger partial charge is 0.497 e. The second-order valence-electron chi connectivity index (χ2n) is 6.19. The van der Waals surface area contributed by atoms with Crippen molar-refractivity contribution in [1.29, 1.82) is 0 Å². The molecule has 0 saturated carbocycles. The van der Waals surface area contributed by atoms with E-state index < -0.39 is 6.03 Å². The summed E-state index contributed by atoms with van der Waals surface area (Å²) in [5.41, 5.74) is 10.0. The number of ether oxygens (including phenoxy) is 1. The third-order valence-electron chi connectivity index (χ3n) is 4.91. The molecule has 0 bridgehead atoms. The van der Waals surface area contributed by atoms with Crippen molar-refractivity contribution in [1.82, 2.24) is 5.01 Å². The van der Waals surface area contributed by atoms with Gasteiger partial charge in [0.25, 0.3) is 0 Å². The van der Waals surface area contributed by atoms with Gasteiger partial charge < -0.3 is 10.5 Å². The van der Waals surface area contributed by atoms with Crippen LogP contribution < -0.4 is 10.5 Å². The summed E-state index contributed by atoms with van der Waals surface area (Å²) in [6.07, 6.45) is 1.94. The number of aryl methyl sites for hydroxylation is 1. The van der Waals surface area contributed by atoms with E-state index in [4.69, 9.17) is 10.5 Å². The van der Waals surface area contributed by atoms with Crippen LogP contribution in [0, 0.1) is 5.92 Å². The maximum absolute atomic E-state index is 12.0. The van der Waals surface area contributed by atoms with Crippen molar-refractivity contribution in [2.24, 2.45) is 16.8 Å². The van der Waals surface area contributed by atoms with E-state index in [1.165, 1.54) is 10.6 Å². The van der Waals surface area contributed by atoms with Crippen LogP contribution >= 0.6 is 0 Å². The summed E-state index contributed by atoms with van der Waals surface area (Å²) in [6, 6.07) is 15.4. The number of fused-ring (bicyclic) bond motifs is 3. The number of hydrogen-bond acceptors (Lipinski definition) is 3. The van der Waals surface area contributed by atoms with Gasteiger partial charge in [-0.25, -0.2) is 9.80 Å². The van der Waals surface area contributed by atoms with Crippen LogP contribution in [0.1, 0.15) is 29.2 Å². The van der Waals surface area contributed by atoms with Crippen LogP contribution in [0.4, 0.5) is 4.79 Å². The summed E-state index contributed by atoms with van der Waals surface area (Å²) >= 11 is 0. The predicted octanol–water partition coefficient (Wildman–Crippen LogP) is 3.10. The minimum atomic E-state index is -0.518. The van der Waals surface area contributed by atoms with Crippen molar-refractivity contribution >= 4 is 11.7 Å². The molecule has 0 spiro atoms. The molecule has 0 aromatic heterocycles. The van der Waals surface area contributed by atoms with Crippen molar-refractivity contribution in [3.05, 3.63) is 65.2 Å². The van der Waals surface area contributed by atoms with Crippen LogP contribution in [-0.2, 0) is 6.42 Å². The van der Waals surface area contributed by atoms with Gasteiger partial charge in [0.2, 0.25) is 0 Å². The Morgan fingerprint density at radius 1 is 1.21 bits per heavy atom. The second-order valence-corrected chi connectivity index (χ2v) is 6.19. The lowest BCUT2D eigenvalue weighted by Crippen LogP contribution is -2.35. The van der Waals surface area contributed by atoms with E-state index in [1.807, 2.05) is 36.4 Å². The number of rotatable bonds is 2. The molecular weight excluding hydrogens is 302 g/mol. The van der Waals surface area contributed by atoms with Crippen LogP contribution in [0.25, 0.3) is 0 Å². The highest BCUT2D eigenvalue weighted by molar-refractivity contribution is 6.06. The standard InChI is InChI=1S/C19H19N3O2/c1-24-14-9-6-13(7-10-14)18-16-11-8-12-4-2-3-5-15(12)17(16)21-22(18)19(20)23/h2-7,9-10,16,18H,8,11H2,1H3,(H2,20,23)/t16-,18+/m0/s1. The molecule has 0 unspecified atom stereocenters. The zero-order valence-electron chi connectivity index (χ0n) is 13.5. The van der Waals surface area contributed by atoms with Gasteiger partial charge in [0, 0.05) is 11.5 Å². The number of urea groups is 1. The Hall–Kier alpha value is -2.82. The fourth-order valence-electron chi connectivity index (χ4n) is 3.78. The molecule has 2 atom stereocenters. The zero-order valence-corrected chi connectivity index (χ0v) is 13.5. The quantitative estimate of drug-likeness (QED) is 0.923. The molecule has 4 rings (SSSR count). The molecule has 2 aromatic rings. The minimum Gasteiger partial charge on any atom is -0.497 e. The third-order valence-corrected chi connectivity index (χ3v) is 4.91. The lowest BCUT2D eigenvalue weighted by molar-refractivity contribution is 0.184. The van der Waals surface area contributed by atoms with E-state index in [9.17, 15) is 4.79 Å². The Kier molecular flexibility index (Phi) is 3.49. The van der Waals surface area contributed by atoms with Crippen LogP contribution in [0.2, 0.25) is 0 Å². The number of hydrogen-bond donors (Lipinski definition) is 1. The summed E-state index contributed by atoms with van der Waals surface area (Å²) in [7, 11) is 1.64. The number of nitrogens with two attached hydrogens (primary N) is 1. The predicted molar refractivity (Wildman–Crippen MR) is 91.9 cm³/mol. The average molecular weight is 321 g/mol. The molecule has 5 nitrogen and oxygen atoms in total. The van der Waals surface area contributed by atoms with E-state index >= 15 is 0 Å². The first-order valence-electron chi connectivity index (χ1n) is 8.08. The molecule has 2 N–H and O–H groups in total. The number of carbonyl (C=O) groups is 1. The van der Waals surface area contributed by atoms with Crippen molar-refractivity contribution in [2.75, 3.05) is 7.11 Å². The molecule has 1 aliphatic heterocycles. The van der Waals surface area contributed by atoms with Gasteiger partial charge in [-0.15, -0.1) is 0 Å². The molecule has 0 radical (unpaired) electrons. The molecule has 2 aliphatic rings. The number of primary amides is 1. The third kappa shape index (κ3) is 2.24. The smallest absolute Gasteiger partial charge is 0.335 e. The van der Waals surface area contributed by atoms with Gasteiger partial charge in [-0.05, 0) is 36.1 Å². The highest BCUT2D eigenvalue weighted by Gasteiger charge is 2.43. The summed E-state index contributed by atoms with van der Waals surface area (Å²) < 4.78 is 5.23. The molecule has 122 valence electrons. The maximum Gasteiger partial charge on any atom is 0.335 e. The summed E-state index contributed by atoms with van der Waals surface area (Å²) in [5.74, 6) is 0.957. The highest BCUT2D eigenvalue weighted by atomic mass is 16.5. The molecule has 0 fully saturated rings. The first-order valence-corrected chi connectivity index (χ1v) is 8.08. The van der Waals surface area contributed by atoms with E-state index in [0.717, 1.165) is 35.4 Å². The molecule has 2 aromatic carbocycles. The van der Waals surface area contributed by atoms with Gasteiger partial charge in [-0.3, -0.25) is 0 Å². The second kappa shape index (κ2) is 5.67. The monoisotopic (exact) mass is 321 g/mol. The summed E-state index contributed by atoms with van der Waals surface area (Å²) in [4.78, 5) is 12.0. The Balaban J connectivity index is 1.77. The van der Waals surface area contributed by atoms with Crippen molar-refractivity contribution < 1.29 is 9.53 Å². The van der Waals surface area contributed by atoms with E-state index in [-0.39, 0.29) is 12.0 Å². The first kappa shape index (κ1) is 14.8. The van der Waals surface area contributed by atoms with E-state index in [1.54, 1.807) is 7.11 Å². The zero-order chi connectivity index (χ0) is 16.7. The van der Waals surface area contributed by atoms with Crippen LogP contribution in [0.15, 0.2) is 53.6 Å². The van der Waals surface area contributed by atoms with Gasteiger partial charge in [0.1, 0.15) is 5.75 Å². The molecule has 0 saturated heterocycles. The number of hydrazone groups is 1. The SMILES string of the molecule is COc1ccc([C@@H]2[C@H]3CCc4ccccc4C3=NN2C(N)=O)cc1. The fourth-order valence-corrected chi connectivity index (χ4v) is 3.78. The van der Waals surface area contributed by atoms with Gasteiger partial charge in [0.05, 0.1) is 18.9 Å². The van der Waals surface area contributed by atoms with Crippen LogP contribution in [0.5, 0.6) is 5.75 Å². The summed E-state index contributed by atoms with van der Waals surface area (Å²) in [5, 5.41) is 6.03. The topological polar surface area (TPSA) is 67.9 Å². The lowest BCUT2D eigenvalue weighted by atomic mass is 9.77. The average Bonchev–Trinajstić information content (AvgIpc) is 3.02. The molecule has 2 amide bonds.